The van der Waals surface area contributed by atoms with Crippen LogP contribution in [0.1, 0.15) is 18.9 Å². The molecule has 0 aliphatic carbocycles. The first kappa shape index (κ1) is 14.1. The van der Waals surface area contributed by atoms with E-state index in [-0.39, 0.29) is 5.92 Å². The van der Waals surface area contributed by atoms with Crippen molar-refractivity contribution in [2.75, 3.05) is 13.7 Å². The fourth-order valence-corrected chi connectivity index (χ4v) is 1.61. The van der Waals surface area contributed by atoms with Crippen LogP contribution >= 0.6 is 0 Å². The number of hydrogen-bond acceptors (Lipinski definition) is 2. The Morgan fingerprint density at radius 2 is 2.00 bits per heavy atom. The molecule has 0 aliphatic heterocycles. The highest BCUT2D eigenvalue weighted by Gasteiger charge is 2.15. The first-order valence-corrected chi connectivity index (χ1v) is 5.65. The van der Waals surface area contributed by atoms with Crippen LogP contribution in [0.25, 0.3) is 0 Å². The van der Waals surface area contributed by atoms with Crippen molar-refractivity contribution >= 4 is 0 Å². The van der Waals surface area contributed by atoms with Gasteiger partial charge in [0.15, 0.2) is 11.6 Å². The topological polar surface area (TPSA) is 29.5 Å². The SMILES string of the molecule is COCCC(C)C(O)Cc1ccc(F)c(F)c1. The van der Waals surface area contributed by atoms with E-state index in [2.05, 4.69) is 0 Å². The molecule has 0 radical (unpaired) electrons. The second kappa shape index (κ2) is 6.67. The van der Waals surface area contributed by atoms with Gasteiger partial charge in [0.05, 0.1) is 6.10 Å². The highest BCUT2D eigenvalue weighted by atomic mass is 19.2. The van der Waals surface area contributed by atoms with Crippen LogP contribution in [0.3, 0.4) is 0 Å². The summed E-state index contributed by atoms with van der Waals surface area (Å²) in [6.45, 7) is 2.49. The summed E-state index contributed by atoms with van der Waals surface area (Å²) in [5.41, 5.74) is 0.598. The number of ether oxygens (including phenoxy) is 1. The van der Waals surface area contributed by atoms with Gasteiger partial charge in [-0.1, -0.05) is 13.0 Å². The molecule has 17 heavy (non-hydrogen) atoms. The Morgan fingerprint density at radius 3 is 2.59 bits per heavy atom. The molecule has 4 heteroatoms. The summed E-state index contributed by atoms with van der Waals surface area (Å²) in [5, 5.41) is 9.89. The highest BCUT2D eigenvalue weighted by Crippen LogP contribution is 2.16. The van der Waals surface area contributed by atoms with Gasteiger partial charge in [-0.15, -0.1) is 0 Å². The first-order chi connectivity index (χ1) is 8.04. The number of aliphatic hydroxyl groups excluding tert-OH is 1. The predicted molar refractivity (Wildman–Crippen MR) is 61.7 cm³/mol. The molecular formula is C13H18F2O2. The Hall–Kier alpha value is -1.00. The van der Waals surface area contributed by atoms with Crippen LogP contribution in [0.5, 0.6) is 0 Å². The van der Waals surface area contributed by atoms with Crippen LogP contribution in [-0.2, 0) is 11.2 Å². The Bertz CT molecular complexity index is 355. The van der Waals surface area contributed by atoms with E-state index < -0.39 is 17.7 Å². The van der Waals surface area contributed by atoms with Gasteiger partial charge in [-0.3, -0.25) is 0 Å². The maximum atomic E-state index is 13.0. The summed E-state index contributed by atoms with van der Waals surface area (Å²) in [6, 6.07) is 3.70. The summed E-state index contributed by atoms with van der Waals surface area (Å²) < 4.78 is 30.6. The van der Waals surface area contributed by atoms with E-state index in [1.54, 1.807) is 7.11 Å². The van der Waals surface area contributed by atoms with E-state index in [1.165, 1.54) is 6.07 Å². The summed E-state index contributed by atoms with van der Waals surface area (Å²) in [7, 11) is 1.61. The Kier molecular flexibility index (Phi) is 5.51. The lowest BCUT2D eigenvalue weighted by Crippen LogP contribution is -2.21. The highest BCUT2D eigenvalue weighted by molar-refractivity contribution is 5.18. The number of benzene rings is 1. The summed E-state index contributed by atoms with van der Waals surface area (Å²) >= 11 is 0. The lowest BCUT2D eigenvalue weighted by molar-refractivity contribution is 0.0886. The molecule has 0 aliphatic rings. The van der Waals surface area contributed by atoms with Crippen molar-refractivity contribution in [3.8, 4) is 0 Å². The van der Waals surface area contributed by atoms with E-state index in [9.17, 15) is 13.9 Å². The minimum Gasteiger partial charge on any atom is -0.393 e. The lowest BCUT2D eigenvalue weighted by atomic mass is 9.95. The number of methoxy groups -OCH3 is 1. The average molecular weight is 244 g/mol. The van der Waals surface area contributed by atoms with E-state index in [0.29, 0.717) is 18.6 Å². The second-order valence-electron chi connectivity index (χ2n) is 4.28. The van der Waals surface area contributed by atoms with Gasteiger partial charge in [-0.05, 0) is 36.5 Å². The van der Waals surface area contributed by atoms with Crippen LogP contribution in [-0.4, -0.2) is 24.9 Å². The van der Waals surface area contributed by atoms with Crippen LogP contribution < -0.4 is 0 Å². The zero-order valence-corrected chi connectivity index (χ0v) is 10.1. The first-order valence-electron chi connectivity index (χ1n) is 5.65. The maximum absolute atomic E-state index is 13.0. The Morgan fingerprint density at radius 1 is 1.29 bits per heavy atom. The smallest absolute Gasteiger partial charge is 0.159 e. The van der Waals surface area contributed by atoms with Crippen LogP contribution in [0.4, 0.5) is 8.78 Å². The largest absolute Gasteiger partial charge is 0.393 e. The zero-order valence-electron chi connectivity index (χ0n) is 10.1. The van der Waals surface area contributed by atoms with Gasteiger partial charge in [0, 0.05) is 13.7 Å². The van der Waals surface area contributed by atoms with Crippen molar-refractivity contribution in [2.24, 2.45) is 5.92 Å². The molecule has 0 aromatic heterocycles. The summed E-state index contributed by atoms with van der Waals surface area (Å²) in [6.07, 6.45) is 0.485. The van der Waals surface area contributed by atoms with Gasteiger partial charge >= 0.3 is 0 Å². The molecule has 1 rings (SSSR count). The molecule has 2 nitrogen and oxygen atoms in total. The van der Waals surface area contributed by atoms with Crippen molar-refractivity contribution in [1.82, 2.24) is 0 Å². The fourth-order valence-electron chi connectivity index (χ4n) is 1.61. The van der Waals surface area contributed by atoms with Gasteiger partial charge in [-0.2, -0.15) is 0 Å². The van der Waals surface area contributed by atoms with Crippen molar-refractivity contribution in [3.63, 3.8) is 0 Å². The molecule has 0 bridgehead atoms. The number of halogens is 2. The van der Waals surface area contributed by atoms with E-state index in [0.717, 1.165) is 18.6 Å². The Balaban J connectivity index is 2.55. The van der Waals surface area contributed by atoms with Crippen molar-refractivity contribution in [1.29, 1.82) is 0 Å². The molecule has 1 N–H and O–H groups in total. The average Bonchev–Trinajstić information content (AvgIpc) is 2.30. The zero-order chi connectivity index (χ0) is 12.8. The van der Waals surface area contributed by atoms with Crippen molar-refractivity contribution in [2.45, 2.75) is 25.9 Å². The third kappa shape index (κ3) is 4.40. The third-order valence-corrected chi connectivity index (χ3v) is 2.86. The minimum absolute atomic E-state index is 0.0584. The normalized spacial score (nSPS) is 14.6. The molecule has 0 saturated carbocycles. The fraction of sp³-hybridized carbons (Fsp3) is 0.538. The van der Waals surface area contributed by atoms with Gasteiger partial charge in [0.2, 0.25) is 0 Å². The van der Waals surface area contributed by atoms with E-state index >= 15 is 0 Å². The predicted octanol–water partition coefficient (Wildman–Crippen LogP) is 2.54. The quantitative estimate of drug-likeness (QED) is 0.833. The van der Waals surface area contributed by atoms with Crippen molar-refractivity contribution in [3.05, 3.63) is 35.4 Å². The molecule has 0 heterocycles. The van der Waals surface area contributed by atoms with Gasteiger partial charge in [-0.25, -0.2) is 8.78 Å². The molecule has 0 amide bonds. The number of rotatable bonds is 6. The third-order valence-electron chi connectivity index (χ3n) is 2.86. The molecule has 1 aromatic rings. The molecule has 0 fully saturated rings. The molecule has 2 unspecified atom stereocenters. The van der Waals surface area contributed by atoms with Gasteiger partial charge in [0.1, 0.15) is 0 Å². The number of aliphatic hydroxyl groups is 1. The number of hydrogen-bond donors (Lipinski definition) is 1. The van der Waals surface area contributed by atoms with E-state index in [1.807, 2.05) is 6.92 Å². The van der Waals surface area contributed by atoms with Crippen LogP contribution in [0, 0.1) is 17.6 Å². The van der Waals surface area contributed by atoms with Gasteiger partial charge < -0.3 is 9.84 Å². The second-order valence-corrected chi connectivity index (χ2v) is 4.28. The standard InChI is InChI=1S/C13H18F2O2/c1-9(5-6-17-2)13(16)8-10-3-4-11(14)12(15)7-10/h3-4,7,9,13,16H,5-6,8H2,1-2H3. The monoisotopic (exact) mass is 244 g/mol. The minimum atomic E-state index is -0.876. The van der Waals surface area contributed by atoms with Crippen LogP contribution in [0.15, 0.2) is 18.2 Å². The molecule has 1 aromatic carbocycles. The van der Waals surface area contributed by atoms with Gasteiger partial charge in [0.25, 0.3) is 0 Å². The summed E-state index contributed by atoms with van der Waals surface area (Å²) in [5.74, 6) is -1.68. The van der Waals surface area contributed by atoms with Crippen LogP contribution in [0.2, 0.25) is 0 Å². The molecule has 2 atom stereocenters. The summed E-state index contributed by atoms with van der Waals surface area (Å²) in [4.78, 5) is 0. The molecular weight excluding hydrogens is 226 g/mol. The maximum Gasteiger partial charge on any atom is 0.159 e. The Labute approximate surface area is 100 Å². The molecule has 96 valence electrons. The molecule has 0 spiro atoms. The molecule has 0 saturated heterocycles. The van der Waals surface area contributed by atoms with Crippen molar-refractivity contribution < 1.29 is 18.6 Å². The lowest BCUT2D eigenvalue weighted by Gasteiger charge is -2.18. The van der Waals surface area contributed by atoms with E-state index in [4.69, 9.17) is 4.74 Å².